The molecule has 0 saturated heterocycles. The van der Waals surface area contributed by atoms with E-state index in [0.29, 0.717) is 30.6 Å². The molecule has 1 atom stereocenters. The number of carbonyl (C=O) groups excluding carboxylic acids is 1. The van der Waals surface area contributed by atoms with Crippen LogP contribution in [-0.4, -0.2) is 42.2 Å². The van der Waals surface area contributed by atoms with E-state index in [1.807, 2.05) is 6.92 Å². The van der Waals surface area contributed by atoms with Gasteiger partial charge in [-0.25, -0.2) is 9.97 Å². The molecule has 7 heteroatoms. The van der Waals surface area contributed by atoms with Gasteiger partial charge < -0.3 is 21.1 Å². The van der Waals surface area contributed by atoms with Crippen molar-refractivity contribution < 1.29 is 9.53 Å². The van der Waals surface area contributed by atoms with E-state index < -0.39 is 6.04 Å². The van der Waals surface area contributed by atoms with Crippen LogP contribution >= 0.6 is 0 Å². The standard InChI is InChI=1S/C12H21N5O2/c1-7-10(13)16-9(3)17-11(7)15-8(2)12(18)14-5-6-19-4/h8H,5-6H2,1-4H3,(H,14,18)(H3,13,15,16,17). The van der Waals surface area contributed by atoms with E-state index >= 15 is 0 Å². The SMILES string of the molecule is COCCNC(=O)C(C)Nc1nc(C)nc(N)c1C. The number of amides is 1. The Labute approximate surface area is 113 Å². The third-order valence-electron chi connectivity index (χ3n) is 2.65. The number of aryl methyl sites for hydroxylation is 1. The molecule has 1 aromatic heterocycles. The van der Waals surface area contributed by atoms with Crippen LogP contribution in [0.1, 0.15) is 18.3 Å². The predicted molar refractivity (Wildman–Crippen MR) is 73.9 cm³/mol. The lowest BCUT2D eigenvalue weighted by Crippen LogP contribution is -2.39. The average molecular weight is 267 g/mol. The Morgan fingerprint density at radius 1 is 1.42 bits per heavy atom. The van der Waals surface area contributed by atoms with Gasteiger partial charge in [-0.1, -0.05) is 0 Å². The molecule has 0 aliphatic rings. The summed E-state index contributed by atoms with van der Waals surface area (Å²) >= 11 is 0. The summed E-state index contributed by atoms with van der Waals surface area (Å²) in [6.45, 7) is 6.29. The minimum absolute atomic E-state index is 0.119. The average Bonchev–Trinajstić information content (AvgIpc) is 2.35. The topological polar surface area (TPSA) is 102 Å². The number of nitrogen functional groups attached to an aromatic ring is 1. The molecule has 1 rings (SSSR count). The minimum Gasteiger partial charge on any atom is -0.383 e. The fourth-order valence-corrected chi connectivity index (χ4v) is 1.49. The van der Waals surface area contributed by atoms with Crippen LogP contribution in [0.2, 0.25) is 0 Å². The van der Waals surface area contributed by atoms with E-state index in [1.165, 1.54) is 0 Å². The van der Waals surface area contributed by atoms with Crippen molar-refractivity contribution in [1.82, 2.24) is 15.3 Å². The van der Waals surface area contributed by atoms with Crippen LogP contribution in [-0.2, 0) is 9.53 Å². The number of rotatable bonds is 6. The van der Waals surface area contributed by atoms with Gasteiger partial charge in [-0.3, -0.25) is 4.79 Å². The zero-order valence-corrected chi connectivity index (χ0v) is 11.8. The first-order chi connectivity index (χ1) is 8.95. The number of ether oxygens (including phenoxy) is 1. The Bertz CT molecular complexity index is 450. The first kappa shape index (κ1) is 15.2. The van der Waals surface area contributed by atoms with Crippen LogP contribution in [0, 0.1) is 13.8 Å². The van der Waals surface area contributed by atoms with Gasteiger partial charge in [-0.15, -0.1) is 0 Å². The van der Waals surface area contributed by atoms with Crippen LogP contribution in [0.5, 0.6) is 0 Å². The molecule has 0 aliphatic heterocycles. The van der Waals surface area contributed by atoms with Gasteiger partial charge in [0, 0.05) is 19.2 Å². The van der Waals surface area contributed by atoms with Gasteiger partial charge in [0.05, 0.1) is 6.61 Å². The number of anilines is 2. The van der Waals surface area contributed by atoms with Gasteiger partial charge in [0.25, 0.3) is 0 Å². The van der Waals surface area contributed by atoms with E-state index in [9.17, 15) is 4.79 Å². The van der Waals surface area contributed by atoms with Crippen molar-refractivity contribution in [3.05, 3.63) is 11.4 Å². The highest BCUT2D eigenvalue weighted by atomic mass is 16.5. The van der Waals surface area contributed by atoms with Crippen molar-refractivity contribution in [2.24, 2.45) is 0 Å². The molecule has 0 aromatic carbocycles. The van der Waals surface area contributed by atoms with E-state index in [1.54, 1.807) is 21.0 Å². The molecule has 7 nitrogen and oxygen atoms in total. The summed E-state index contributed by atoms with van der Waals surface area (Å²) in [5.74, 6) is 1.45. The highest BCUT2D eigenvalue weighted by Gasteiger charge is 2.15. The number of hydrogen-bond acceptors (Lipinski definition) is 6. The van der Waals surface area contributed by atoms with E-state index in [0.717, 1.165) is 5.56 Å². The van der Waals surface area contributed by atoms with Crippen molar-refractivity contribution in [2.75, 3.05) is 31.3 Å². The van der Waals surface area contributed by atoms with Crippen molar-refractivity contribution >= 4 is 17.5 Å². The molecule has 0 bridgehead atoms. The lowest BCUT2D eigenvalue weighted by atomic mass is 10.2. The molecule has 0 spiro atoms. The van der Waals surface area contributed by atoms with Gasteiger partial charge in [-0.2, -0.15) is 0 Å². The van der Waals surface area contributed by atoms with E-state index in [-0.39, 0.29) is 5.91 Å². The second-order valence-electron chi connectivity index (χ2n) is 4.28. The third kappa shape index (κ3) is 4.36. The summed E-state index contributed by atoms with van der Waals surface area (Å²) in [6.07, 6.45) is 0. The normalized spacial score (nSPS) is 12.0. The smallest absolute Gasteiger partial charge is 0.242 e. The van der Waals surface area contributed by atoms with Crippen molar-refractivity contribution in [3.8, 4) is 0 Å². The summed E-state index contributed by atoms with van der Waals surface area (Å²) in [5, 5.41) is 5.79. The predicted octanol–water partition coefficient (Wildman–Crippen LogP) is 0.239. The molecule has 1 amide bonds. The molecule has 0 aliphatic carbocycles. The number of methoxy groups -OCH3 is 1. The maximum Gasteiger partial charge on any atom is 0.242 e. The maximum atomic E-state index is 11.8. The highest BCUT2D eigenvalue weighted by Crippen LogP contribution is 2.17. The zero-order chi connectivity index (χ0) is 14.4. The largest absolute Gasteiger partial charge is 0.383 e. The second kappa shape index (κ2) is 6.89. The van der Waals surface area contributed by atoms with Crippen LogP contribution in [0.15, 0.2) is 0 Å². The van der Waals surface area contributed by atoms with Gasteiger partial charge in [0.2, 0.25) is 5.91 Å². The van der Waals surface area contributed by atoms with Crippen molar-refractivity contribution in [3.63, 3.8) is 0 Å². The number of carbonyl (C=O) groups is 1. The molecule has 0 saturated carbocycles. The number of nitrogens with one attached hydrogen (secondary N) is 2. The first-order valence-corrected chi connectivity index (χ1v) is 6.09. The monoisotopic (exact) mass is 267 g/mol. The number of aromatic nitrogens is 2. The first-order valence-electron chi connectivity index (χ1n) is 6.09. The Morgan fingerprint density at radius 2 is 2.11 bits per heavy atom. The minimum atomic E-state index is -0.413. The van der Waals surface area contributed by atoms with Gasteiger partial charge in [0.15, 0.2) is 0 Å². The summed E-state index contributed by atoms with van der Waals surface area (Å²) in [7, 11) is 1.59. The maximum absolute atomic E-state index is 11.8. The summed E-state index contributed by atoms with van der Waals surface area (Å²) < 4.78 is 4.87. The molecular formula is C12H21N5O2. The van der Waals surface area contributed by atoms with E-state index in [2.05, 4.69) is 20.6 Å². The molecule has 0 fully saturated rings. The van der Waals surface area contributed by atoms with Gasteiger partial charge in [0.1, 0.15) is 23.5 Å². The summed E-state index contributed by atoms with van der Waals surface area (Å²) in [5.41, 5.74) is 6.50. The fourth-order valence-electron chi connectivity index (χ4n) is 1.49. The molecule has 0 radical (unpaired) electrons. The lowest BCUT2D eigenvalue weighted by Gasteiger charge is -2.16. The Hall–Kier alpha value is -1.89. The van der Waals surface area contributed by atoms with Crippen LogP contribution in [0.4, 0.5) is 11.6 Å². The lowest BCUT2D eigenvalue weighted by molar-refractivity contribution is -0.121. The van der Waals surface area contributed by atoms with Crippen LogP contribution < -0.4 is 16.4 Å². The van der Waals surface area contributed by atoms with Gasteiger partial charge in [-0.05, 0) is 20.8 Å². The molecule has 1 aromatic rings. The molecule has 1 unspecified atom stereocenters. The summed E-state index contributed by atoms with van der Waals surface area (Å²) in [4.78, 5) is 20.1. The van der Waals surface area contributed by atoms with Gasteiger partial charge >= 0.3 is 0 Å². The van der Waals surface area contributed by atoms with Crippen molar-refractivity contribution in [1.29, 1.82) is 0 Å². The molecule has 19 heavy (non-hydrogen) atoms. The van der Waals surface area contributed by atoms with Crippen LogP contribution in [0.3, 0.4) is 0 Å². The van der Waals surface area contributed by atoms with E-state index in [4.69, 9.17) is 10.5 Å². The number of nitrogens with two attached hydrogens (primary N) is 1. The highest BCUT2D eigenvalue weighted by molar-refractivity contribution is 5.84. The van der Waals surface area contributed by atoms with Crippen LogP contribution in [0.25, 0.3) is 0 Å². The summed E-state index contributed by atoms with van der Waals surface area (Å²) in [6, 6.07) is -0.413. The Morgan fingerprint density at radius 3 is 2.74 bits per heavy atom. The van der Waals surface area contributed by atoms with Crippen molar-refractivity contribution in [2.45, 2.75) is 26.8 Å². The molecule has 1 heterocycles. The molecule has 106 valence electrons. The Kier molecular flexibility index (Phi) is 5.50. The number of hydrogen-bond donors (Lipinski definition) is 3. The quantitative estimate of drug-likeness (QED) is 0.638. The Balaban J connectivity index is 2.66. The zero-order valence-electron chi connectivity index (χ0n) is 11.8. The molecule has 4 N–H and O–H groups in total. The molecular weight excluding hydrogens is 246 g/mol. The number of nitrogens with zero attached hydrogens (tertiary/aromatic N) is 2. The second-order valence-corrected chi connectivity index (χ2v) is 4.28. The fraction of sp³-hybridized carbons (Fsp3) is 0.583. The third-order valence-corrected chi connectivity index (χ3v) is 2.65.